The van der Waals surface area contributed by atoms with Gasteiger partial charge in [-0.25, -0.2) is 17.6 Å². The predicted molar refractivity (Wildman–Crippen MR) is 121 cm³/mol. The Kier molecular flexibility index (Phi) is 8.46. The highest BCUT2D eigenvalue weighted by Gasteiger charge is 2.25. The van der Waals surface area contributed by atoms with Gasteiger partial charge in [0.25, 0.3) is 5.91 Å². The fourth-order valence-electron chi connectivity index (χ4n) is 3.38. The van der Waals surface area contributed by atoms with Gasteiger partial charge < -0.3 is 19.5 Å². The first-order valence-corrected chi connectivity index (χ1v) is 12.3. The molecule has 0 fully saturated rings. The van der Waals surface area contributed by atoms with E-state index in [-0.39, 0.29) is 24.5 Å². The zero-order valence-electron chi connectivity index (χ0n) is 19.0. The molecule has 0 aromatic heterocycles. The van der Waals surface area contributed by atoms with Gasteiger partial charge in [-0.3, -0.25) is 4.79 Å². The highest BCUT2D eigenvalue weighted by Crippen LogP contribution is 2.30. The number of hydrogen-bond donors (Lipinski definition) is 1. The van der Waals surface area contributed by atoms with Gasteiger partial charge in [0.1, 0.15) is 19.0 Å². The maximum absolute atomic E-state index is 14.2. The van der Waals surface area contributed by atoms with Crippen LogP contribution in [0, 0.1) is 5.82 Å². The first-order valence-electron chi connectivity index (χ1n) is 10.9. The molecule has 0 aliphatic carbocycles. The number of sulfonamides is 1. The SMILES string of the molecule is CCN(CC)S(=O)(=O)c1ccc(F)c(C(=O)OCC(=O)NCCc2ccc3c(c2)OCCO3)c1. The van der Waals surface area contributed by atoms with Gasteiger partial charge in [0.2, 0.25) is 10.0 Å². The third-order valence-electron chi connectivity index (χ3n) is 5.18. The number of rotatable bonds is 10. The summed E-state index contributed by atoms with van der Waals surface area (Å²) in [4.78, 5) is 24.1. The van der Waals surface area contributed by atoms with E-state index in [1.54, 1.807) is 19.9 Å². The van der Waals surface area contributed by atoms with Crippen molar-refractivity contribution in [1.82, 2.24) is 9.62 Å². The molecular weight excluding hydrogens is 467 g/mol. The van der Waals surface area contributed by atoms with Crippen LogP contribution in [-0.4, -0.2) is 64.1 Å². The fraction of sp³-hybridized carbons (Fsp3) is 0.391. The highest BCUT2D eigenvalue weighted by atomic mass is 32.2. The molecule has 0 saturated heterocycles. The van der Waals surface area contributed by atoms with Crippen LogP contribution in [0.1, 0.15) is 29.8 Å². The number of nitrogens with zero attached hydrogens (tertiary/aromatic N) is 1. The molecule has 1 aliphatic heterocycles. The third kappa shape index (κ3) is 6.03. The van der Waals surface area contributed by atoms with Crippen LogP contribution in [0.2, 0.25) is 0 Å². The second-order valence-electron chi connectivity index (χ2n) is 7.39. The number of amides is 1. The molecule has 1 aliphatic rings. The molecule has 2 aromatic carbocycles. The molecule has 0 spiro atoms. The molecule has 0 radical (unpaired) electrons. The third-order valence-corrected chi connectivity index (χ3v) is 7.22. The Labute approximate surface area is 197 Å². The van der Waals surface area contributed by atoms with Crippen molar-refractivity contribution in [3.8, 4) is 11.5 Å². The number of nitrogens with one attached hydrogen (secondary N) is 1. The lowest BCUT2D eigenvalue weighted by Gasteiger charge is -2.19. The number of benzene rings is 2. The maximum Gasteiger partial charge on any atom is 0.341 e. The molecule has 0 saturated carbocycles. The number of halogens is 1. The standard InChI is InChI=1S/C23H27FN2O7S/c1-3-26(4-2)34(29,30)17-6-7-19(24)18(14-17)23(28)33-15-22(27)25-10-9-16-5-8-20-21(13-16)32-12-11-31-20/h5-8,13-14H,3-4,9-12,15H2,1-2H3,(H,25,27). The number of carbonyl (C=O) groups excluding carboxylic acids is 2. The molecule has 0 unspecified atom stereocenters. The summed E-state index contributed by atoms with van der Waals surface area (Å²) < 4.78 is 56.5. The number of esters is 1. The van der Waals surface area contributed by atoms with Crippen LogP contribution >= 0.6 is 0 Å². The van der Waals surface area contributed by atoms with Gasteiger partial charge in [0, 0.05) is 19.6 Å². The summed E-state index contributed by atoms with van der Waals surface area (Å²) in [5, 5.41) is 2.61. The summed E-state index contributed by atoms with van der Waals surface area (Å²) in [5.74, 6) is -1.32. The van der Waals surface area contributed by atoms with Gasteiger partial charge in [0.15, 0.2) is 18.1 Å². The summed E-state index contributed by atoms with van der Waals surface area (Å²) in [5.41, 5.74) is 0.368. The Morgan fingerprint density at radius 2 is 1.76 bits per heavy atom. The van der Waals surface area contributed by atoms with Crippen molar-refractivity contribution in [2.75, 3.05) is 39.5 Å². The summed E-state index contributed by atoms with van der Waals surface area (Å²) in [6.45, 7) is 4.42. The van der Waals surface area contributed by atoms with E-state index in [0.29, 0.717) is 31.1 Å². The van der Waals surface area contributed by atoms with E-state index < -0.39 is 39.9 Å². The minimum atomic E-state index is -3.89. The van der Waals surface area contributed by atoms with Gasteiger partial charge in [-0.1, -0.05) is 19.9 Å². The Hall–Kier alpha value is -3.18. The molecule has 2 aromatic rings. The zero-order chi connectivity index (χ0) is 24.7. The van der Waals surface area contributed by atoms with Crippen molar-refractivity contribution >= 4 is 21.9 Å². The monoisotopic (exact) mass is 494 g/mol. The lowest BCUT2D eigenvalue weighted by atomic mass is 10.1. The summed E-state index contributed by atoms with van der Waals surface area (Å²) in [6, 6.07) is 8.40. The van der Waals surface area contributed by atoms with Crippen molar-refractivity contribution in [3.05, 3.63) is 53.3 Å². The lowest BCUT2D eigenvalue weighted by Crippen LogP contribution is -2.31. The van der Waals surface area contributed by atoms with Crippen molar-refractivity contribution in [2.24, 2.45) is 0 Å². The van der Waals surface area contributed by atoms with Crippen LogP contribution in [0.25, 0.3) is 0 Å². The summed E-state index contributed by atoms with van der Waals surface area (Å²) >= 11 is 0. The average Bonchev–Trinajstić information content (AvgIpc) is 2.83. The van der Waals surface area contributed by atoms with Crippen LogP contribution < -0.4 is 14.8 Å². The van der Waals surface area contributed by atoms with Crippen molar-refractivity contribution in [3.63, 3.8) is 0 Å². The largest absolute Gasteiger partial charge is 0.486 e. The van der Waals surface area contributed by atoms with Crippen molar-refractivity contribution in [1.29, 1.82) is 0 Å². The van der Waals surface area contributed by atoms with E-state index in [1.165, 1.54) is 4.31 Å². The van der Waals surface area contributed by atoms with Gasteiger partial charge in [0.05, 0.1) is 10.5 Å². The van der Waals surface area contributed by atoms with E-state index in [2.05, 4.69) is 5.32 Å². The topological polar surface area (TPSA) is 111 Å². The quantitative estimate of drug-likeness (QED) is 0.504. The van der Waals surface area contributed by atoms with Gasteiger partial charge >= 0.3 is 5.97 Å². The Bertz CT molecular complexity index is 1150. The van der Waals surface area contributed by atoms with E-state index in [0.717, 1.165) is 23.8 Å². The van der Waals surface area contributed by atoms with Gasteiger partial charge in [-0.2, -0.15) is 4.31 Å². The van der Waals surface area contributed by atoms with Crippen molar-refractivity contribution in [2.45, 2.75) is 25.2 Å². The Balaban J connectivity index is 1.53. The second-order valence-corrected chi connectivity index (χ2v) is 9.32. The van der Waals surface area contributed by atoms with Crippen LogP contribution in [0.3, 0.4) is 0 Å². The summed E-state index contributed by atoms with van der Waals surface area (Å²) in [6.07, 6.45) is 0.510. The Morgan fingerprint density at radius 3 is 2.47 bits per heavy atom. The van der Waals surface area contributed by atoms with Crippen molar-refractivity contribution < 1.29 is 36.6 Å². The fourth-order valence-corrected chi connectivity index (χ4v) is 4.87. The first-order chi connectivity index (χ1) is 16.3. The highest BCUT2D eigenvalue weighted by molar-refractivity contribution is 7.89. The van der Waals surface area contributed by atoms with Crippen LogP contribution in [0.4, 0.5) is 4.39 Å². The molecule has 1 heterocycles. The van der Waals surface area contributed by atoms with E-state index in [1.807, 2.05) is 12.1 Å². The van der Waals surface area contributed by atoms with Gasteiger partial charge in [-0.15, -0.1) is 0 Å². The normalized spacial score (nSPS) is 12.9. The Morgan fingerprint density at radius 1 is 1.06 bits per heavy atom. The zero-order valence-corrected chi connectivity index (χ0v) is 19.8. The number of carbonyl (C=O) groups is 2. The predicted octanol–water partition coefficient (Wildman–Crippen LogP) is 2.14. The lowest BCUT2D eigenvalue weighted by molar-refractivity contribution is -0.124. The molecule has 9 nitrogen and oxygen atoms in total. The summed E-state index contributed by atoms with van der Waals surface area (Å²) in [7, 11) is -3.89. The molecule has 11 heteroatoms. The van der Waals surface area contributed by atoms with Crippen LogP contribution in [0.15, 0.2) is 41.3 Å². The molecular formula is C23H27FN2O7S. The van der Waals surface area contributed by atoms with E-state index in [4.69, 9.17) is 14.2 Å². The van der Waals surface area contributed by atoms with Crippen LogP contribution in [0.5, 0.6) is 11.5 Å². The average molecular weight is 495 g/mol. The number of ether oxygens (including phenoxy) is 3. The molecule has 184 valence electrons. The molecule has 0 atom stereocenters. The maximum atomic E-state index is 14.2. The van der Waals surface area contributed by atoms with E-state index in [9.17, 15) is 22.4 Å². The first kappa shape index (κ1) is 25.4. The molecule has 0 bridgehead atoms. The molecule has 1 amide bonds. The second kappa shape index (κ2) is 11.3. The minimum Gasteiger partial charge on any atom is -0.486 e. The van der Waals surface area contributed by atoms with Gasteiger partial charge in [-0.05, 0) is 42.3 Å². The minimum absolute atomic E-state index is 0.225. The number of hydrogen-bond acceptors (Lipinski definition) is 7. The molecule has 1 N–H and O–H groups in total. The smallest absolute Gasteiger partial charge is 0.341 e. The van der Waals surface area contributed by atoms with Crippen LogP contribution in [-0.2, 0) is 26.0 Å². The molecule has 34 heavy (non-hydrogen) atoms. The number of fused-ring (bicyclic) bond motifs is 1. The van der Waals surface area contributed by atoms with E-state index >= 15 is 0 Å². The molecule has 3 rings (SSSR count).